The molecule has 0 unspecified atom stereocenters. The highest BCUT2D eigenvalue weighted by Gasteiger charge is 2.12. The van der Waals surface area contributed by atoms with Gasteiger partial charge in [-0.15, -0.1) is 0 Å². The molecule has 1 aromatic rings. The lowest BCUT2D eigenvalue weighted by atomic mass is 10.1. The van der Waals surface area contributed by atoms with Crippen LogP contribution in [0.15, 0.2) is 18.2 Å². The smallest absolute Gasteiger partial charge is 0.344 e. The lowest BCUT2D eigenvalue weighted by molar-refractivity contribution is -0.146. The topological polar surface area (TPSA) is 70.8 Å². The van der Waals surface area contributed by atoms with Gasteiger partial charge in [0.15, 0.2) is 6.61 Å². The van der Waals surface area contributed by atoms with Crippen LogP contribution in [0, 0.1) is 0 Å². The van der Waals surface area contributed by atoms with Gasteiger partial charge in [-0.1, -0.05) is 19.4 Å². The lowest BCUT2D eigenvalue weighted by Crippen LogP contribution is -2.17. The number of rotatable bonds is 8. The van der Waals surface area contributed by atoms with Crippen LogP contribution in [0.4, 0.5) is 0 Å². The first-order valence-electron chi connectivity index (χ1n) is 6.80. The summed E-state index contributed by atoms with van der Waals surface area (Å²) in [7, 11) is 1.57. The molecule has 0 radical (unpaired) electrons. The minimum atomic E-state index is -0.378. The molecule has 0 aliphatic heterocycles. The Kier molecular flexibility index (Phi) is 6.87. The van der Waals surface area contributed by atoms with E-state index in [1.807, 2.05) is 26.0 Å². The van der Waals surface area contributed by atoms with Gasteiger partial charge < -0.3 is 19.9 Å². The average molecular weight is 281 g/mol. The molecule has 112 valence electrons. The van der Waals surface area contributed by atoms with Gasteiger partial charge >= 0.3 is 5.97 Å². The van der Waals surface area contributed by atoms with Gasteiger partial charge in [0.05, 0.1) is 13.7 Å². The summed E-state index contributed by atoms with van der Waals surface area (Å²) in [5.74, 6) is 0.826. The van der Waals surface area contributed by atoms with Crippen molar-refractivity contribution in [3.8, 4) is 11.5 Å². The summed E-state index contributed by atoms with van der Waals surface area (Å²) < 4.78 is 15.7. The number of hydrogen-bond acceptors (Lipinski definition) is 5. The summed E-state index contributed by atoms with van der Waals surface area (Å²) in [6.45, 7) is 4.19. The van der Waals surface area contributed by atoms with Crippen LogP contribution in [-0.4, -0.2) is 26.3 Å². The van der Waals surface area contributed by atoms with E-state index in [9.17, 15) is 4.79 Å². The minimum Gasteiger partial charge on any atom is -0.497 e. The van der Waals surface area contributed by atoms with Crippen LogP contribution >= 0.6 is 0 Å². The van der Waals surface area contributed by atoms with Crippen molar-refractivity contribution in [1.82, 2.24) is 0 Å². The zero-order valence-corrected chi connectivity index (χ0v) is 12.3. The van der Waals surface area contributed by atoms with E-state index in [2.05, 4.69) is 0 Å². The fraction of sp³-hybridized carbons (Fsp3) is 0.533. The molecule has 1 aromatic carbocycles. The van der Waals surface area contributed by atoms with E-state index >= 15 is 0 Å². The Hall–Kier alpha value is -1.75. The molecule has 20 heavy (non-hydrogen) atoms. The van der Waals surface area contributed by atoms with E-state index in [4.69, 9.17) is 19.9 Å². The van der Waals surface area contributed by atoms with E-state index in [-0.39, 0.29) is 18.6 Å². The molecule has 0 amide bonds. The first-order chi connectivity index (χ1) is 9.58. The van der Waals surface area contributed by atoms with Crippen molar-refractivity contribution in [3.63, 3.8) is 0 Å². The SMILES string of the molecule is CCCCOC(=O)COc1cc(OC)ccc1[C@@H](C)N. The molecule has 0 saturated heterocycles. The van der Waals surface area contributed by atoms with Crippen molar-refractivity contribution in [3.05, 3.63) is 23.8 Å². The number of ether oxygens (including phenoxy) is 3. The first kappa shape index (κ1) is 16.3. The maximum Gasteiger partial charge on any atom is 0.344 e. The normalized spacial score (nSPS) is 11.8. The van der Waals surface area contributed by atoms with Gasteiger partial charge in [0.25, 0.3) is 0 Å². The fourth-order valence-corrected chi connectivity index (χ4v) is 1.65. The molecule has 1 rings (SSSR count). The van der Waals surface area contributed by atoms with Crippen molar-refractivity contribution in [2.24, 2.45) is 5.73 Å². The van der Waals surface area contributed by atoms with E-state index < -0.39 is 0 Å². The van der Waals surface area contributed by atoms with Gasteiger partial charge in [-0.3, -0.25) is 0 Å². The number of unbranched alkanes of at least 4 members (excludes halogenated alkanes) is 1. The number of carbonyl (C=O) groups is 1. The summed E-state index contributed by atoms with van der Waals surface area (Å²) >= 11 is 0. The van der Waals surface area contributed by atoms with Crippen LogP contribution in [0.2, 0.25) is 0 Å². The summed E-state index contributed by atoms with van der Waals surface area (Å²) in [5, 5.41) is 0. The van der Waals surface area contributed by atoms with Gasteiger partial charge in [-0.05, 0) is 19.4 Å². The summed E-state index contributed by atoms with van der Waals surface area (Å²) in [6, 6.07) is 5.18. The number of nitrogens with two attached hydrogens (primary N) is 1. The van der Waals surface area contributed by atoms with Crippen molar-refractivity contribution in [2.45, 2.75) is 32.7 Å². The van der Waals surface area contributed by atoms with E-state index in [0.717, 1.165) is 18.4 Å². The number of benzene rings is 1. The van der Waals surface area contributed by atoms with Crippen molar-refractivity contribution < 1.29 is 19.0 Å². The predicted octanol–water partition coefficient (Wildman–Crippen LogP) is 2.44. The second-order valence-electron chi connectivity index (χ2n) is 4.56. The summed E-state index contributed by atoms with van der Waals surface area (Å²) in [6.07, 6.45) is 1.84. The molecule has 0 heterocycles. The van der Waals surface area contributed by atoms with Crippen LogP contribution in [-0.2, 0) is 9.53 Å². The highest BCUT2D eigenvalue weighted by atomic mass is 16.6. The average Bonchev–Trinajstić information content (AvgIpc) is 2.44. The monoisotopic (exact) mass is 281 g/mol. The second kappa shape index (κ2) is 8.43. The molecule has 0 spiro atoms. The summed E-state index contributed by atoms with van der Waals surface area (Å²) in [5.41, 5.74) is 6.70. The molecule has 0 aliphatic carbocycles. The standard InChI is InChI=1S/C15H23NO4/c1-4-5-8-19-15(17)10-20-14-9-12(18-3)6-7-13(14)11(2)16/h6-7,9,11H,4-5,8,10,16H2,1-3H3/t11-/m1/s1. The van der Waals surface area contributed by atoms with E-state index in [1.165, 1.54) is 0 Å². The molecule has 0 bridgehead atoms. The molecule has 2 N–H and O–H groups in total. The molecule has 5 heteroatoms. The van der Waals surface area contributed by atoms with E-state index in [0.29, 0.717) is 18.1 Å². The maximum atomic E-state index is 11.5. The van der Waals surface area contributed by atoms with Crippen LogP contribution in [0.1, 0.15) is 38.3 Å². The second-order valence-corrected chi connectivity index (χ2v) is 4.56. The van der Waals surface area contributed by atoms with Crippen LogP contribution < -0.4 is 15.2 Å². The number of methoxy groups -OCH3 is 1. The molecule has 0 fully saturated rings. The molecule has 0 saturated carbocycles. The van der Waals surface area contributed by atoms with Gasteiger partial charge in [0, 0.05) is 17.7 Å². The molecular formula is C15H23NO4. The van der Waals surface area contributed by atoms with Crippen LogP contribution in [0.3, 0.4) is 0 Å². The zero-order valence-electron chi connectivity index (χ0n) is 12.3. The fourth-order valence-electron chi connectivity index (χ4n) is 1.65. The number of carbonyl (C=O) groups excluding carboxylic acids is 1. The summed E-state index contributed by atoms with van der Waals surface area (Å²) in [4.78, 5) is 11.5. The Labute approximate surface area is 120 Å². The van der Waals surface area contributed by atoms with Gasteiger partial charge in [0.1, 0.15) is 11.5 Å². The highest BCUT2D eigenvalue weighted by molar-refractivity contribution is 5.71. The minimum absolute atomic E-state index is 0.128. The van der Waals surface area contributed by atoms with Crippen molar-refractivity contribution in [2.75, 3.05) is 20.3 Å². The zero-order chi connectivity index (χ0) is 15.0. The van der Waals surface area contributed by atoms with Gasteiger partial charge in [-0.25, -0.2) is 4.79 Å². The molecule has 0 aliphatic rings. The highest BCUT2D eigenvalue weighted by Crippen LogP contribution is 2.28. The first-order valence-corrected chi connectivity index (χ1v) is 6.80. The number of esters is 1. The Balaban J connectivity index is 2.63. The van der Waals surface area contributed by atoms with Gasteiger partial charge in [-0.2, -0.15) is 0 Å². The Bertz CT molecular complexity index is 432. The predicted molar refractivity (Wildman–Crippen MR) is 77.0 cm³/mol. The van der Waals surface area contributed by atoms with Gasteiger partial charge in [0.2, 0.25) is 0 Å². The Morgan fingerprint density at radius 1 is 1.40 bits per heavy atom. The largest absolute Gasteiger partial charge is 0.497 e. The van der Waals surface area contributed by atoms with Crippen molar-refractivity contribution >= 4 is 5.97 Å². The molecule has 1 atom stereocenters. The third kappa shape index (κ3) is 5.09. The maximum absolute atomic E-state index is 11.5. The lowest BCUT2D eigenvalue weighted by Gasteiger charge is -2.15. The third-order valence-corrected chi connectivity index (χ3v) is 2.82. The molecule has 5 nitrogen and oxygen atoms in total. The van der Waals surface area contributed by atoms with E-state index in [1.54, 1.807) is 13.2 Å². The van der Waals surface area contributed by atoms with Crippen LogP contribution in [0.5, 0.6) is 11.5 Å². The quantitative estimate of drug-likeness (QED) is 0.585. The molecular weight excluding hydrogens is 258 g/mol. The Morgan fingerprint density at radius 2 is 2.15 bits per heavy atom. The Morgan fingerprint density at radius 3 is 2.75 bits per heavy atom. The number of hydrogen-bond donors (Lipinski definition) is 1. The van der Waals surface area contributed by atoms with Crippen molar-refractivity contribution in [1.29, 1.82) is 0 Å². The third-order valence-electron chi connectivity index (χ3n) is 2.82. The molecule has 0 aromatic heterocycles. The van der Waals surface area contributed by atoms with Crippen LogP contribution in [0.25, 0.3) is 0 Å².